The van der Waals surface area contributed by atoms with E-state index >= 15 is 0 Å². The van der Waals surface area contributed by atoms with E-state index in [-0.39, 0.29) is 12.0 Å². The average Bonchev–Trinajstić information content (AvgIpc) is 2.76. The molecule has 0 aromatic carbocycles. The lowest BCUT2D eigenvalue weighted by molar-refractivity contribution is 0.0930. The van der Waals surface area contributed by atoms with Crippen LogP contribution in [0.5, 0.6) is 5.75 Å². The lowest BCUT2D eigenvalue weighted by atomic mass is 10.2. The summed E-state index contributed by atoms with van der Waals surface area (Å²) in [6.45, 7) is 5.90. The van der Waals surface area contributed by atoms with Crippen LogP contribution in [0.15, 0.2) is 35.0 Å². The van der Waals surface area contributed by atoms with Gasteiger partial charge in [0.25, 0.3) is 5.91 Å². The minimum Gasteiger partial charge on any atom is -0.487 e. The second-order valence-electron chi connectivity index (χ2n) is 4.65. The first-order chi connectivity index (χ1) is 9.56. The van der Waals surface area contributed by atoms with E-state index in [1.54, 1.807) is 31.5 Å². The van der Waals surface area contributed by atoms with Crippen LogP contribution in [-0.2, 0) is 0 Å². The van der Waals surface area contributed by atoms with Crippen molar-refractivity contribution in [2.75, 3.05) is 6.54 Å². The molecule has 106 valence electrons. The molecule has 1 amide bonds. The molecule has 2 aromatic rings. The van der Waals surface area contributed by atoms with Crippen molar-refractivity contribution in [2.45, 2.75) is 26.9 Å². The summed E-state index contributed by atoms with van der Waals surface area (Å²) in [6.07, 6.45) is 3.18. The fourth-order valence-electron chi connectivity index (χ4n) is 1.88. The summed E-state index contributed by atoms with van der Waals surface area (Å²) in [5, 5.41) is 2.83. The van der Waals surface area contributed by atoms with Crippen LogP contribution < -0.4 is 10.1 Å². The minimum absolute atomic E-state index is 0.142. The smallest absolute Gasteiger partial charge is 0.254 e. The molecule has 1 atom stereocenters. The molecule has 0 saturated heterocycles. The van der Waals surface area contributed by atoms with Crippen LogP contribution in [-0.4, -0.2) is 23.5 Å². The molecule has 0 saturated carbocycles. The highest BCUT2D eigenvalue weighted by Gasteiger charge is 2.14. The lowest BCUT2D eigenvalue weighted by Crippen LogP contribution is -2.33. The van der Waals surface area contributed by atoms with Gasteiger partial charge in [0.2, 0.25) is 0 Å². The van der Waals surface area contributed by atoms with Crippen molar-refractivity contribution >= 4 is 5.91 Å². The summed E-state index contributed by atoms with van der Waals surface area (Å²) in [7, 11) is 0. The maximum absolute atomic E-state index is 12.0. The SMILES string of the molecule is Cc1cc(C(=O)NC[C@H](C)Oc2cccnc2)c(C)o1. The predicted molar refractivity (Wildman–Crippen MR) is 74.8 cm³/mol. The molecule has 20 heavy (non-hydrogen) atoms. The number of amides is 1. The number of pyridine rings is 1. The van der Waals surface area contributed by atoms with Crippen molar-refractivity contribution in [3.63, 3.8) is 0 Å². The Morgan fingerprint density at radius 1 is 1.50 bits per heavy atom. The Morgan fingerprint density at radius 2 is 2.30 bits per heavy atom. The van der Waals surface area contributed by atoms with E-state index in [1.807, 2.05) is 19.9 Å². The molecule has 0 fully saturated rings. The largest absolute Gasteiger partial charge is 0.487 e. The summed E-state index contributed by atoms with van der Waals surface area (Å²) in [4.78, 5) is 16.0. The summed E-state index contributed by atoms with van der Waals surface area (Å²) < 4.78 is 11.0. The fraction of sp³-hybridized carbons (Fsp3) is 0.333. The summed E-state index contributed by atoms with van der Waals surface area (Å²) in [6, 6.07) is 5.37. The Kier molecular flexibility index (Phi) is 4.40. The highest BCUT2D eigenvalue weighted by Crippen LogP contribution is 2.13. The second-order valence-corrected chi connectivity index (χ2v) is 4.65. The molecule has 0 aliphatic rings. The molecule has 0 aliphatic carbocycles. The summed E-state index contributed by atoms with van der Waals surface area (Å²) in [5.74, 6) is 1.89. The Balaban J connectivity index is 1.86. The number of nitrogens with one attached hydrogen (secondary N) is 1. The molecule has 0 bridgehead atoms. The average molecular weight is 274 g/mol. The number of carbonyl (C=O) groups excluding carboxylic acids is 1. The van der Waals surface area contributed by atoms with Gasteiger partial charge in [0, 0.05) is 6.20 Å². The number of furan rings is 1. The molecule has 5 nitrogen and oxygen atoms in total. The Bertz CT molecular complexity index is 578. The molecule has 1 N–H and O–H groups in total. The van der Waals surface area contributed by atoms with Crippen molar-refractivity contribution in [1.82, 2.24) is 10.3 Å². The predicted octanol–water partition coefficient (Wildman–Crippen LogP) is 2.49. The highest BCUT2D eigenvalue weighted by molar-refractivity contribution is 5.95. The van der Waals surface area contributed by atoms with E-state index in [0.29, 0.717) is 23.6 Å². The summed E-state index contributed by atoms with van der Waals surface area (Å²) in [5.41, 5.74) is 0.566. The first-order valence-corrected chi connectivity index (χ1v) is 6.48. The zero-order valence-electron chi connectivity index (χ0n) is 11.8. The van der Waals surface area contributed by atoms with Crippen LogP contribution in [0.4, 0.5) is 0 Å². The van der Waals surface area contributed by atoms with E-state index in [9.17, 15) is 4.79 Å². The molecular formula is C15H18N2O3. The van der Waals surface area contributed by atoms with Gasteiger partial charge in [0.1, 0.15) is 23.4 Å². The number of aromatic nitrogens is 1. The molecule has 2 aromatic heterocycles. The zero-order chi connectivity index (χ0) is 14.5. The van der Waals surface area contributed by atoms with Crippen molar-refractivity contribution in [1.29, 1.82) is 0 Å². The Hall–Kier alpha value is -2.30. The Morgan fingerprint density at radius 3 is 2.90 bits per heavy atom. The van der Waals surface area contributed by atoms with Gasteiger partial charge in [-0.05, 0) is 39.0 Å². The first kappa shape index (κ1) is 14.1. The van der Waals surface area contributed by atoms with E-state index in [1.165, 1.54) is 0 Å². The highest BCUT2D eigenvalue weighted by atomic mass is 16.5. The maximum atomic E-state index is 12.0. The topological polar surface area (TPSA) is 64.4 Å². The molecule has 0 unspecified atom stereocenters. The van der Waals surface area contributed by atoms with Crippen LogP contribution in [0.2, 0.25) is 0 Å². The molecule has 0 radical (unpaired) electrons. The number of hydrogen-bond acceptors (Lipinski definition) is 4. The van der Waals surface area contributed by atoms with Gasteiger partial charge >= 0.3 is 0 Å². The van der Waals surface area contributed by atoms with Crippen molar-refractivity contribution in [3.8, 4) is 5.75 Å². The minimum atomic E-state index is -0.152. The van der Waals surface area contributed by atoms with Crippen LogP contribution >= 0.6 is 0 Å². The van der Waals surface area contributed by atoms with Gasteiger partial charge in [-0.1, -0.05) is 0 Å². The van der Waals surface area contributed by atoms with E-state index in [2.05, 4.69) is 10.3 Å². The van der Waals surface area contributed by atoms with E-state index < -0.39 is 0 Å². The standard InChI is InChI=1S/C15H18N2O3/c1-10-7-14(12(3)19-10)15(18)17-8-11(2)20-13-5-4-6-16-9-13/h4-7,9,11H,8H2,1-3H3,(H,17,18)/t11-/m0/s1. The molecule has 2 heterocycles. The normalized spacial score (nSPS) is 11.9. The number of rotatable bonds is 5. The molecule has 0 spiro atoms. The van der Waals surface area contributed by atoms with Gasteiger partial charge in [0.15, 0.2) is 0 Å². The van der Waals surface area contributed by atoms with Crippen molar-refractivity contribution < 1.29 is 13.9 Å². The molecule has 2 rings (SSSR count). The number of aryl methyl sites for hydroxylation is 2. The molecule has 5 heteroatoms. The molecular weight excluding hydrogens is 256 g/mol. The second kappa shape index (κ2) is 6.23. The summed E-state index contributed by atoms with van der Waals surface area (Å²) >= 11 is 0. The third-order valence-corrected chi connectivity index (χ3v) is 2.81. The monoisotopic (exact) mass is 274 g/mol. The number of carbonyl (C=O) groups is 1. The van der Waals surface area contributed by atoms with Gasteiger partial charge in [-0.2, -0.15) is 0 Å². The number of nitrogens with zero attached hydrogens (tertiary/aromatic N) is 1. The molecule has 0 aliphatic heterocycles. The van der Waals surface area contributed by atoms with Gasteiger partial charge < -0.3 is 14.5 Å². The van der Waals surface area contributed by atoms with Gasteiger partial charge in [-0.15, -0.1) is 0 Å². The van der Waals surface area contributed by atoms with Gasteiger partial charge in [-0.3, -0.25) is 9.78 Å². The van der Waals surface area contributed by atoms with Gasteiger partial charge in [-0.25, -0.2) is 0 Å². The van der Waals surface area contributed by atoms with Crippen LogP contribution in [0.25, 0.3) is 0 Å². The third-order valence-electron chi connectivity index (χ3n) is 2.81. The number of hydrogen-bond donors (Lipinski definition) is 1. The third kappa shape index (κ3) is 3.60. The number of ether oxygens (including phenoxy) is 1. The van der Waals surface area contributed by atoms with Crippen LogP contribution in [0.3, 0.4) is 0 Å². The zero-order valence-corrected chi connectivity index (χ0v) is 11.8. The van der Waals surface area contributed by atoms with Crippen LogP contribution in [0, 0.1) is 13.8 Å². The van der Waals surface area contributed by atoms with E-state index in [4.69, 9.17) is 9.15 Å². The lowest BCUT2D eigenvalue weighted by Gasteiger charge is -2.14. The fourth-order valence-corrected chi connectivity index (χ4v) is 1.88. The quantitative estimate of drug-likeness (QED) is 0.909. The van der Waals surface area contributed by atoms with Crippen molar-refractivity contribution in [3.05, 3.63) is 47.7 Å². The van der Waals surface area contributed by atoms with Crippen molar-refractivity contribution in [2.24, 2.45) is 0 Å². The maximum Gasteiger partial charge on any atom is 0.254 e. The van der Waals surface area contributed by atoms with Crippen LogP contribution in [0.1, 0.15) is 28.8 Å². The van der Waals surface area contributed by atoms with Gasteiger partial charge in [0.05, 0.1) is 18.3 Å². The first-order valence-electron chi connectivity index (χ1n) is 6.48. The Labute approximate surface area is 118 Å². The van der Waals surface area contributed by atoms with E-state index in [0.717, 1.165) is 5.76 Å².